The van der Waals surface area contributed by atoms with Gasteiger partial charge in [-0.25, -0.2) is 4.39 Å². The normalized spacial score (nSPS) is 16.1. The van der Waals surface area contributed by atoms with Gasteiger partial charge < -0.3 is 4.74 Å². The number of aryl methyl sites for hydroxylation is 2. The molecule has 3 aromatic rings. The average molecular weight is 428 g/mol. The van der Waals surface area contributed by atoms with Gasteiger partial charge in [-0.2, -0.15) is 0 Å². The minimum atomic E-state index is -4.69. The van der Waals surface area contributed by atoms with Crippen molar-refractivity contribution in [3.63, 3.8) is 0 Å². The Morgan fingerprint density at radius 1 is 0.903 bits per heavy atom. The van der Waals surface area contributed by atoms with Crippen molar-refractivity contribution in [3.8, 4) is 16.9 Å². The molecular weight excluding hydrogens is 404 g/mol. The minimum Gasteiger partial charge on any atom is -0.406 e. The summed E-state index contributed by atoms with van der Waals surface area (Å²) in [6.45, 7) is 2.09. The van der Waals surface area contributed by atoms with E-state index >= 15 is 0 Å². The largest absolute Gasteiger partial charge is 0.573 e. The van der Waals surface area contributed by atoms with Gasteiger partial charge in [-0.3, -0.25) is 0 Å². The van der Waals surface area contributed by atoms with Crippen LogP contribution < -0.4 is 4.74 Å². The first-order valence-corrected chi connectivity index (χ1v) is 10.6. The summed E-state index contributed by atoms with van der Waals surface area (Å²) in [5.74, 6) is -0.186. The van der Waals surface area contributed by atoms with E-state index in [4.69, 9.17) is 0 Å². The third-order valence-corrected chi connectivity index (χ3v) is 5.90. The third kappa shape index (κ3) is 5.09. The molecule has 162 valence electrons. The molecule has 1 nitrogen and oxygen atoms in total. The van der Waals surface area contributed by atoms with Gasteiger partial charge in [0.15, 0.2) is 0 Å². The Labute approximate surface area is 179 Å². The first kappa shape index (κ1) is 21.4. The van der Waals surface area contributed by atoms with Crippen LogP contribution in [-0.2, 0) is 19.3 Å². The molecule has 1 atom stereocenters. The summed E-state index contributed by atoms with van der Waals surface area (Å²) >= 11 is 0. The second kappa shape index (κ2) is 8.74. The standard InChI is InChI=1S/C26H24F4O/c1-2-3-17-4-13-24(25(27)14-17)22-8-7-20-15-19(5-6-21(20)16-22)18-9-11-23(12-10-18)31-26(28,29)30/h4-6,9-15,22H,2-3,7-8,16H2,1H3. The number of hydrogen-bond acceptors (Lipinski definition) is 1. The highest BCUT2D eigenvalue weighted by Gasteiger charge is 2.31. The predicted octanol–water partition coefficient (Wildman–Crippen LogP) is 7.62. The maximum atomic E-state index is 14.7. The SMILES string of the molecule is CCCc1ccc(C2CCc3cc(-c4ccc(OC(F)(F)F)cc4)ccc3C2)c(F)c1. The zero-order valence-electron chi connectivity index (χ0n) is 17.3. The summed E-state index contributed by atoms with van der Waals surface area (Å²) < 4.78 is 55.6. The van der Waals surface area contributed by atoms with Crippen molar-refractivity contribution in [2.24, 2.45) is 0 Å². The summed E-state index contributed by atoms with van der Waals surface area (Å²) in [4.78, 5) is 0. The minimum absolute atomic E-state index is 0.114. The molecule has 0 amide bonds. The van der Waals surface area contributed by atoms with E-state index in [-0.39, 0.29) is 17.5 Å². The monoisotopic (exact) mass is 428 g/mol. The lowest BCUT2D eigenvalue weighted by Gasteiger charge is -2.26. The van der Waals surface area contributed by atoms with Crippen LogP contribution in [0.1, 0.15) is 47.9 Å². The zero-order valence-corrected chi connectivity index (χ0v) is 17.3. The molecule has 0 N–H and O–H groups in total. The molecule has 5 heteroatoms. The molecule has 0 fully saturated rings. The Morgan fingerprint density at radius 2 is 1.65 bits per heavy atom. The van der Waals surface area contributed by atoms with Crippen LogP contribution in [0.15, 0.2) is 60.7 Å². The molecule has 0 spiro atoms. The van der Waals surface area contributed by atoms with E-state index in [1.165, 1.54) is 23.3 Å². The van der Waals surface area contributed by atoms with Crippen LogP contribution >= 0.6 is 0 Å². The Morgan fingerprint density at radius 3 is 2.32 bits per heavy atom. The van der Waals surface area contributed by atoms with Crippen molar-refractivity contribution in [3.05, 3.63) is 88.7 Å². The number of benzene rings is 3. The van der Waals surface area contributed by atoms with Crippen molar-refractivity contribution >= 4 is 0 Å². The first-order chi connectivity index (χ1) is 14.8. The molecule has 4 rings (SSSR count). The Kier molecular flexibility index (Phi) is 6.03. The van der Waals surface area contributed by atoms with Gasteiger partial charge >= 0.3 is 6.36 Å². The van der Waals surface area contributed by atoms with Crippen molar-refractivity contribution in [1.29, 1.82) is 0 Å². The number of halogens is 4. The van der Waals surface area contributed by atoms with E-state index in [2.05, 4.69) is 23.8 Å². The highest BCUT2D eigenvalue weighted by molar-refractivity contribution is 5.66. The summed E-state index contributed by atoms with van der Waals surface area (Å²) in [6.07, 6.45) is -0.303. The third-order valence-electron chi connectivity index (χ3n) is 5.90. The van der Waals surface area contributed by atoms with Crippen LogP contribution in [0, 0.1) is 5.82 Å². The topological polar surface area (TPSA) is 9.23 Å². The molecule has 0 saturated heterocycles. The van der Waals surface area contributed by atoms with Gasteiger partial charge in [0.05, 0.1) is 0 Å². The van der Waals surface area contributed by atoms with Gasteiger partial charge in [-0.15, -0.1) is 13.2 Å². The molecular formula is C26H24F4O. The van der Waals surface area contributed by atoms with E-state index in [1.54, 1.807) is 18.2 Å². The maximum absolute atomic E-state index is 14.7. The number of rotatable bonds is 5. The summed E-state index contributed by atoms with van der Waals surface area (Å²) in [6, 6.07) is 17.7. The Bertz CT molecular complexity index is 1050. The highest BCUT2D eigenvalue weighted by Crippen LogP contribution is 2.36. The quantitative estimate of drug-likeness (QED) is 0.380. The summed E-state index contributed by atoms with van der Waals surface area (Å²) in [5.41, 5.74) is 6.02. The van der Waals surface area contributed by atoms with Crippen molar-refractivity contribution in [2.75, 3.05) is 0 Å². The number of fused-ring (bicyclic) bond motifs is 1. The molecule has 31 heavy (non-hydrogen) atoms. The van der Waals surface area contributed by atoms with Crippen molar-refractivity contribution < 1.29 is 22.3 Å². The smallest absolute Gasteiger partial charge is 0.406 e. The lowest BCUT2D eigenvalue weighted by molar-refractivity contribution is -0.274. The fraction of sp³-hybridized carbons (Fsp3) is 0.308. The predicted molar refractivity (Wildman–Crippen MR) is 114 cm³/mol. The van der Waals surface area contributed by atoms with Gasteiger partial charge in [0, 0.05) is 0 Å². The summed E-state index contributed by atoms with van der Waals surface area (Å²) in [5, 5.41) is 0. The molecule has 0 saturated carbocycles. The van der Waals surface area contributed by atoms with Gasteiger partial charge in [-0.1, -0.05) is 55.8 Å². The zero-order chi connectivity index (χ0) is 22.0. The second-order valence-corrected chi connectivity index (χ2v) is 8.10. The van der Waals surface area contributed by atoms with Crippen LogP contribution in [0.4, 0.5) is 17.6 Å². The van der Waals surface area contributed by atoms with Crippen LogP contribution in [-0.4, -0.2) is 6.36 Å². The van der Waals surface area contributed by atoms with Crippen LogP contribution in [0.2, 0.25) is 0 Å². The van der Waals surface area contributed by atoms with Gasteiger partial charge in [0.2, 0.25) is 0 Å². The van der Waals surface area contributed by atoms with E-state index in [0.29, 0.717) is 0 Å². The summed E-state index contributed by atoms with van der Waals surface area (Å²) in [7, 11) is 0. The number of hydrogen-bond donors (Lipinski definition) is 0. The van der Waals surface area contributed by atoms with E-state index in [1.807, 2.05) is 18.2 Å². The molecule has 0 aromatic heterocycles. The molecule has 0 heterocycles. The van der Waals surface area contributed by atoms with Crippen molar-refractivity contribution in [1.82, 2.24) is 0 Å². The number of ether oxygens (including phenoxy) is 1. The Hall–Kier alpha value is -2.82. The molecule has 0 radical (unpaired) electrons. The molecule has 1 unspecified atom stereocenters. The maximum Gasteiger partial charge on any atom is 0.573 e. The fourth-order valence-electron chi connectivity index (χ4n) is 4.40. The molecule has 0 aliphatic heterocycles. The first-order valence-electron chi connectivity index (χ1n) is 10.6. The highest BCUT2D eigenvalue weighted by atomic mass is 19.4. The number of alkyl halides is 3. The lowest BCUT2D eigenvalue weighted by Crippen LogP contribution is -2.16. The lowest BCUT2D eigenvalue weighted by atomic mass is 9.79. The second-order valence-electron chi connectivity index (χ2n) is 8.10. The fourth-order valence-corrected chi connectivity index (χ4v) is 4.40. The van der Waals surface area contributed by atoms with Crippen molar-refractivity contribution in [2.45, 2.75) is 51.3 Å². The average Bonchev–Trinajstić information content (AvgIpc) is 2.73. The van der Waals surface area contributed by atoms with Gasteiger partial charge in [0.1, 0.15) is 11.6 Å². The van der Waals surface area contributed by atoms with E-state index < -0.39 is 6.36 Å². The molecule has 0 bridgehead atoms. The Balaban J connectivity index is 1.50. The van der Waals surface area contributed by atoms with Gasteiger partial charge in [-0.05, 0) is 83.2 Å². The van der Waals surface area contributed by atoms with Crippen LogP contribution in [0.3, 0.4) is 0 Å². The molecule has 3 aromatic carbocycles. The van der Waals surface area contributed by atoms with E-state index in [0.717, 1.165) is 54.4 Å². The van der Waals surface area contributed by atoms with Gasteiger partial charge in [0.25, 0.3) is 0 Å². The van der Waals surface area contributed by atoms with E-state index in [9.17, 15) is 17.6 Å². The molecule has 1 aliphatic carbocycles. The molecule has 1 aliphatic rings. The van der Waals surface area contributed by atoms with Crippen LogP contribution in [0.25, 0.3) is 11.1 Å². The van der Waals surface area contributed by atoms with Crippen LogP contribution in [0.5, 0.6) is 5.75 Å².